The van der Waals surface area contributed by atoms with Gasteiger partial charge in [-0.25, -0.2) is 0 Å². The Labute approximate surface area is 197 Å². The van der Waals surface area contributed by atoms with E-state index in [0.717, 1.165) is 30.0 Å². The van der Waals surface area contributed by atoms with E-state index in [9.17, 15) is 9.59 Å². The number of aromatic nitrogens is 1. The van der Waals surface area contributed by atoms with Crippen molar-refractivity contribution in [1.29, 1.82) is 0 Å². The predicted molar refractivity (Wildman–Crippen MR) is 129 cm³/mol. The van der Waals surface area contributed by atoms with Crippen LogP contribution in [0.5, 0.6) is 5.75 Å². The Bertz CT molecular complexity index is 961. The molecule has 1 aliphatic carbocycles. The van der Waals surface area contributed by atoms with Crippen LogP contribution in [-0.4, -0.2) is 52.4 Å². The minimum Gasteiger partial charge on any atom is -0.497 e. The number of benzene rings is 1. The van der Waals surface area contributed by atoms with Crippen LogP contribution in [0.25, 0.3) is 0 Å². The van der Waals surface area contributed by atoms with Crippen molar-refractivity contribution in [3.05, 3.63) is 53.9 Å². The summed E-state index contributed by atoms with van der Waals surface area (Å²) in [5, 5.41) is 0. The summed E-state index contributed by atoms with van der Waals surface area (Å²) < 4.78 is 7.65. The van der Waals surface area contributed by atoms with Gasteiger partial charge in [0.1, 0.15) is 12.3 Å². The van der Waals surface area contributed by atoms with Crippen molar-refractivity contribution in [3.63, 3.8) is 0 Å². The second kappa shape index (κ2) is 10.4. The van der Waals surface area contributed by atoms with Crippen LogP contribution in [0.4, 0.5) is 0 Å². The van der Waals surface area contributed by atoms with E-state index in [1.807, 2.05) is 49.1 Å². The molecule has 0 bridgehead atoms. The van der Waals surface area contributed by atoms with Crippen LogP contribution in [0, 0.1) is 5.92 Å². The highest BCUT2D eigenvalue weighted by molar-refractivity contribution is 5.85. The fourth-order valence-electron chi connectivity index (χ4n) is 5.38. The molecule has 1 aromatic carbocycles. The molecule has 1 atom stereocenters. The highest BCUT2D eigenvalue weighted by Crippen LogP contribution is 2.34. The summed E-state index contributed by atoms with van der Waals surface area (Å²) in [6.45, 7) is 5.50. The second-order valence-corrected chi connectivity index (χ2v) is 9.70. The van der Waals surface area contributed by atoms with Crippen molar-refractivity contribution in [3.8, 4) is 5.75 Å². The maximum atomic E-state index is 13.6. The van der Waals surface area contributed by atoms with Gasteiger partial charge in [0.15, 0.2) is 0 Å². The van der Waals surface area contributed by atoms with E-state index in [1.54, 1.807) is 12.0 Å². The monoisotopic (exact) mass is 451 g/mol. The molecule has 1 fully saturated rings. The van der Waals surface area contributed by atoms with Crippen molar-refractivity contribution >= 4 is 11.8 Å². The SMILES string of the molecule is COc1cccc(C2c3cccn3CCN2C(=O)CN(C(=O)CCC2CCCC2)C(C)C)c1. The second-order valence-electron chi connectivity index (χ2n) is 9.70. The summed E-state index contributed by atoms with van der Waals surface area (Å²) in [6, 6.07) is 11.8. The first-order valence-corrected chi connectivity index (χ1v) is 12.4. The molecule has 2 aliphatic rings. The summed E-state index contributed by atoms with van der Waals surface area (Å²) >= 11 is 0. The van der Waals surface area contributed by atoms with E-state index in [0.29, 0.717) is 18.9 Å². The Balaban J connectivity index is 1.52. The minimum absolute atomic E-state index is 0.00168. The molecular formula is C27H37N3O3. The number of rotatable bonds is 8. The van der Waals surface area contributed by atoms with Crippen molar-refractivity contribution in [1.82, 2.24) is 14.4 Å². The van der Waals surface area contributed by atoms with E-state index >= 15 is 0 Å². The van der Waals surface area contributed by atoms with Gasteiger partial charge >= 0.3 is 0 Å². The van der Waals surface area contributed by atoms with Gasteiger partial charge in [0, 0.05) is 37.4 Å². The predicted octanol–water partition coefficient (Wildman–Crippen LogP) is 4.64. The number of hydrogen-bond acceptors (Lipinski definition) is 3. The quantitative estimate of drug-likeness (QED) is 0.588. The molecule has 1 unspecified atom stereocenters. The molecule has 2 amide bonds. The molecule has 2 aromatic rings. The van der Waals surface area contributed by atoms with Crippen LogP contribution in [0.2, 0.25) is 0 Å². The number of carbonyl (C=O) groups excluding carboxylic acids is 2. The first kappa shape index (κ1) is 23.4. The first-order chi connectivity index (χ1) is 16.0. The van der Waals surface area contributed by atoms with Gasteiger partial charge in [0.05, 0.1) is 13.2 Å². The van der Waals surface area contributed by atoms with Crippen molar-refractivity contribution in [2.75, 3.05) is 20.2 Å². The van der Waals surface area contributed by atoms with Crippen LogP contribution in [-0.2, 0) is 16.1 Å². The number of methoxy groups -OCH3 is 1. The van der Waals surface area contributed by atoms with Crippen LogP contribution in [0.15, 0.2) is 42.6 Å². The lowest BCUT2D eigenvalue weighted by molar-refractivity contribution is -0.143. The number of ether oxygens (including phenoxy) is 1. The molecule has 1 aliphatic heterocycles. The molecule has 1 saturated carbocycles. The van der Waals surface area contributed by atoms with E-state index in [1.165, 1.54) is 25.7 Å². The minimum atomic E-state index is -0.195. The lowest BCUT2D eigenvalue weighted by Crippen LogP contribution is -2.49. The number of nitrogens with zero attached hydrogens (tertiary/aromatic N) is 3. The third-order valence-electron chi connectivity index (χ3n) is 7.26. The van der Waals surface area contributed by atoms with Crippen molar-refractivity contribution in [2.45, 2.75) is 71.0 Å². The summed E-state index contributed by atoms with van der Waals surface area (Å²) in [7, 11) is 1.66. The molecule has 4 rings (SSSR count). The summed E-state index contributed by atoms with van der Waals surface area (Å²) in [4.78, 5) is 30.4. The Morgan fingerprint density at radius 2 is 1.91 bits per heavy atom. The zero-order valence-corrected chi connectivity index (χ0v) is 20.2. The molecule has 6 nitrogen and oxygen atoms in total. The Kier molecular flexibility index (Phi) is 7.41. The third kappa shape index (κ3) is 5.26. The van der Waals surface area contributed by atoms with Crippen LogP contribution >= 0.6 is 0 Å². The van der Waals surface area contributed by atoms with Gasteiger partial charge in [-0.15, -0.1) is 0 Å². The number of amides is 2. The number of fused-ring (bicyclic) bond motifs is 1. The molecule has 33 heavy (non-hydrogen) atoms. The van der Waals surface area contributed by atoms with E-state index in [-0.39, 0.29) is 30.4 Å². The van der Waals surface area contributed by atoms with Gasteiger partial charge in [-0.2, -0.15) is 0 Å². The van der Waals surface area contributed by atoms with Crippen molar-refractivity contribution < 1.29 is 14.3 Å². The average molecular weight is 452 g/mol. The molecule has 1 aromatic heterocycles. The van der Waals surface area contributed by atoms with Gasteiger partial charge in [-0.1, -0.05) is 37.8 Å². The van der Waals surface area contributed by atoms with Crippen molar-refractivity contribution in [2.24, 2.45) is 5.92 Å². The standard InChI is InChI=1S/C27H37N3O3/c1-20(2)30(25(31)14-13-21-8-4-5-9-21)19-26(32)29-17-16-28-15-7-12-24(28)27(29)22-10-6-11-23(18-22)33-3/h6-7,10-12,15,18,20-21,27H,4-5,8-9,13-14,16-17,19H2,1-3H3. The fourth-order valence-corrected chi connectivity index (χ4v) is 5.38. The zero-order chi connectivity index (χ0) is 23.4. The molecular weight excluding hydrogens is 414 g/mol. The van der Waals surface area contributed by atoms with Gasteiger partial charge < -0.3 is 19.1 Å². The highest BCUT2D eigenvalue weighted by atomic mass is 16.5. The lowest BCUT2D eigenvalue weighted by Gasteiger charge is -2.39. The van der Waals surface area contributed by atoms with Crippen LogP contribution in [0.1, 0.15) is 69.7 Å². The highest BCUT2D eigenvalue weighted by Gasteiger charge is 2.34. The van der Waals surface area contributed by atoms with E-state index in [4.69, 9.17) is 4.74 Å². The number of hydrogen-bond donors (Lipinski definition) is 0. The topological polar surface area (TPSA) is 54.8 Å². The van der Waals surface area contributed by atoms with Crippen LogP contribution < -0.4 is 4.74 Å². The van der Waals surface area contributed by atoms with Gasteiger partial charge in [0.25, 0.3) is 0 Å². The molecule has 0 saturated heterocycles. The van der Waals surface area contributed by atoms with Crippen LogP contribution in [0.3, 0.4) is 0 Å². The maximum absolute atomic E-state index is 13.6. The molecule has 2 heterocycles. The number of carbonyl (C=O) groups is 2. The average Bonchev–Trinajstić information content (AvgIpc) is 3.52. The summed E-state index contributed by atoms with van der Waals surface area (Å²) in [5.74, 6) is 1.54. The largest absolute Gasteiger partial charge is 0.497 e. The molecule has 0 spiro atoms. The normalized spacial score (nSPS) is 18.4. The van der Waals surface area contributed by atoms with Gasteiger partial charge in [-0.3, -0.25) is 9.59 Å². The molecule has 0 radical (unpaired) electrons. The first-order valence-electron chi connectivity index (χ1n) is 12.4. The summed E-state index contributed by atoms with van der Waals surface area (Å²) in [5.41, 5.74) is 2.11. The van der Waals surface area contributed by atoms with Gasteiger partial charge in [-0.05, 0) is 56.0 Å². The molecule has 0 N–H and O–H groups in total. The molecule has 6 heteroatoms. The third-order valence-corrected chi connectivity index (χ3v) is 7.26. The lowest BCUT2D eigenvalue weighted by atomic mass is 9.99. The molecule has 178 valence electrons. The van der Waals surface area contributed by atoms with E-state index < -0.39 is 0 Å². The smallest absolute Gasteiger partial charge is 0.243 e. The Morgan fingerprint density at radius 3 is 2.64 bits per heavy atom. The fraction of sp³-hybridized carbons (Fsp3) is 0.556. The zero-order valence-electron chi connectivity index (χ0n) is 20.2. The Morgan fingerprint density at radius 1 is 1.12 bits per heavy atom. The Hall–Kier alpha value is -2.76. The van der Waals surface area contributed by atoms with E-state index in [2.05, 4.69) is 16.8 Å². The van der Waals surface area contributed by atoms with Gasteiger partial charge in [0.2, 0.25) is 11.8 Å². The summed E-state index contributed by atoms with van der Waals surface area (Å²) in [6.07, 6.45) is 8.60. The maximum Gasteiger partial charge on any atom is 0.243 e.